The van der Waals surface area contributed by atoms with E-state index >= 15 is 0 Å². The van der Waals surface area contributed by atoms with Gasteiger partial charge in [0, 0.05) is 29.3 Å². The minimum absolute atomic E-state index is 0.144. The van der Waals surface area contributed by atoms with Crippen molar-refractivity contribution < 1.29 is 9.13 Å². The van der Waals surface area contributed by atoms with E-state index in [9.17, 15) is 4.39 Å². The van der Waals surface area contributed by atoms with Gasteiger partial charge in [-0.25, -0.2) is 4.39 Å². The van der Waals surface area contributed by atoms with Crippen molar-refractivity contribution in [2.45, 2.75) is 31.6 Å². The van der Waals surface area contributed by atoms with E-state index in [4.69, 9.17) is 4.74 Å². The van der Waals surface area contributed by atoms with Crippen LogP contribution in [0.1, 0.15) is 31.7 Å². The van der Waals surface area contributed by atoms with Crippen molar-refractivity contribution in [2.24, 2.45) is 0 Å². The van der Waals surface area contributed by atoms with Gasteiger partial charge < -0.3 is 4.74 Å². The van der Waals surface area contributed by atoms with Crippen LogP contribution in [-0.4, -0.2) is 23.9 Å². The van der Waals surface area contributed by atoms with Crippen LogP contribution in [0.4, 0.5) is 4.39 Å². The monoisotopic (exact) mass is 394 g/mol. The zero-order valence-electron chi connectivity index (χ0n) is 11.3. The Bertz CT molecular complexity index is 367. The number of hydrogen-bond donors (Lipinski definition) is 0. The fourth-order valence-electron chi connectivity index (χ4n) is 1.96. The van der Waals surface area contributed by atoms with E-state index in [1.807, 2.05) is 12.1 Å². The number of halogens is 3. The normalized spacial score (nSPS) is 11.8. The van der Waals surface area contributed by atoms with Crippen molar-refractivity contribution in [3.63, 3.8) is 0 Å². The molecule has 0 aromatic heterocycles. The summed E-state index contributed by atoms with van der Waals surface area (Å²) >= 11 is 7.07. The van der Waals surface area contributed by atoms with Gasteiger partial charge in [-0.3, -0.25) is 0 Å². The summed E-state index contributed by atoms with van der Waals surface area (Å²) in [4.78, 5) is 0. The zero-order valence-corrected chi connectivity index (χ0v) is 14.5. The van der Waals surface area contributed by atoms with E-state index < -0.39 is 0 Å². The molecule has 0 saturated carbocycles. The second kappa shape index (κ2) is 9.09. The lowest BCUT2D eigenvalue weighted by molar-refractivity contribution is 0.116. The predicted molar refractivity (Wildman–Crippen MR) is 86.0 cm³/mol. The SMILES string of the molecule is CCCCOCCC(CBr)(CBr)c1ccccc1F. The van der Waals surface area contributed by atoms with Crippen LogP contribution in [0.3, 0.4) is 0 Å². The molecule has 0 saturated heterocycles. The summed E-state index contributed by atoms with van der Waals surface area (Å²) in [6.07, 6.45) is 3.01. The third kappa shape index (κ3) is 4.83. The standard InChI is InChI=1S/C15H21Br2FO/c1-2-3-9-19-10-8-15(11-16,12-17)13-6-4-5-7-14(13)18/h4-7H,2-3,8-12H2,1H3. The molecule has 0 spiro atoms. The molecule has 1 nitrogen and oxygen atoms in total. The molecule has 0 amide bonds. The first kappa shape index (κ1) is 17.1. The summed E-state index contributed by atoms with van der Waals surface area (Å²) in [6.45, 7) is 3.59. The molecule has 0 aliphatic carbocycles. The smallest absolute Gasteiger partial charge is 0.127 e. The molecule has 4 heteroatoms. The number of hydrogen-bond acceptors (Lipinski definition) is 1. The van der Waals surface area contributed by atoms with Crippen LogP contribution in [0.15, 0.2) is 24.3 Å². The number of alkyl halides is 2. The second-order valence-corrected chi connectivity index (χ2v) is 5.86. The molecule has 108 valence electrons. The van der Waals surface area contributed by atoms with Crippen molar-refractivity contribution in [3.8, 4) is 0 Å². The Morgan fingerprint density at radius 2 is 1.84 bits per heavy atom. The lowest BCUT2D eigenvalue weighted by Crippen LogP contribution is -2.33. The average Bonchev–Trinajstić information content (AvgIpc) is 2.44. The van der Waals surface area contributed by atoms with E-state index in [2.05, 4.69) is 38.8 Å². The summed E-state index contributed by atoms with van der Waals surface area (Å²) in [5.41, 5.74) is 0.500. The molecule has 0 aliphatic heterocycles. The summed E-state index contributed by atoms with van der Waals surface area (Å²) < 4.78 is 19.6. The van der Waals surface area contributed by atoms with Gasteiger partial charge in [-0.2, -0.15) is 0 Å². The van der Waals surface area contributed by atoms with Gasteiger partial charge >= 0.3 is 0 Å². The average molecular weight is 396 g/mol. The van der Waals surface area contributed by atoms with Gasteiger partial charge in [-0.15, -0.1) is 0 Å². The Kier molecular flexibility index (Phi) is 8.19. The van der Waals surface area contributed by atoms with E-state index in [0.717, 1.165) is 31.4 Å². The molecule has 0 fully saturated rings. The van der Waals surface area contributed by atoms with Crippen LogP contribution in [0.25, 0.3) is 0 Å². The van der Waals surface area contributed by atoms with Gasteiger partial charge in [0.15, 0.2) is 0 Å². The van der Waals surface area contributed by atoms with Crippen LogP contribution in [0, 0.1) is 5.82 Å². The summed E-state index contributed by atoms with van der Waals surface area (Å²) in [7, 11) is 0. The fourth-order valence-corrected chi connectivity index (χ4v) is 4.05. The molecule has 1 aromatic rings. The van der Waals surface area contributed by atoms with Gasteiger partial charge in [-0.1, -0.05) is 63.4 Å². The Balaban J connectivity index is 2.71. The van der Waals surface area contributed by atoms with E-state index in [-0.39, 0.29) is 11.2 Å². The summed E-state index contributed by atoms with van der Waals surface area (Å²) in [5, 5.41) is 1.42. The Morgan fingerprint density at radius 3 is 2.42 bits per heavy atom. The van der Waals surface area contributed by atoms with Gasteiger partial charge in [0.25, 0.3) is 0 Å². The number of benzene rings is 1. The molecule has 0 bridgehead atoms. The van der Waals surface area contributed by atoms with Gasteiger partial charge in [-0.05, 0) is 24.5 Å². The topological polar surface area (TPSA) is 9.23 Å². The maximum absolute atomic E-state index is 14.0. The molecule has 1 rings (SSSR count). The first-order valence-corrected chi connectivity index (χ1v) is 8.89. The zero-order chi connectivity index (χ0) is 14.1. The predicted octanol–water partition coefficient (Wildman–Crippen LogP) is 5.06. The van der Waals surface area contributed by atoms with Gasteiger partial charge in [0.1, 0.15) is 5.82 Å². The fraction of sp³-hybridized carbons (Fsp3) is 0.600. The highest BCUT2D eigenvalue weighted by Crippen LogP contribution is 2.34. The molecular formula is C15H21Br2FO. The minimum atomic E-state index is -0.252. The molecular weight excluding hydrogens is 375 g/mol. The minimum Gasteiger partial charge on any atom is -0.381 e. The lowest BCUT2D eigenvalue weighted by atomic mass is 9.81. The Hall–Kier alpha value is 0.0700. The van der Waals surface area contributed by atoms with Crippen molar-refractivity contribution in [3.05, 3.63) is 35.6 Å². The van der Waals surface area contributed by atoms with Crippen LogP contribution in [0.5, 0.6) is 0 Å². The van der Waals surface area contributed by atoms with Crippen molar-refractivity contribution in [1.29, 1.82) is 0 Å². The van der Waals surface area contributed by atoms with Crippen LogP contribution in [0.2, 0.25) is 0 Å². The largest absolute Gasteiger partial charge is 0.381 e. The number of rotatable bonds is 9. The van der Waals surface area contributed by atoms with Gasteiger partial charge in [0.05, 0.1) is 0 Å². The quantitative estimate of drug-likeness (QED) is 0.419. The van der Waals surface area contributed by atoms with Crippen LogP contribution >= 0.6 is 31.9 Å². The number of unbranched alkanes of at least 4 members (excludes halogenated alkanes) is 1. The maximum atomic E-state index is 14.0. The van der Waals surface area contributed by atoms with Gasteiger partial charge in [0.2, 0.25) is 0 Å². The van der Waals surface area contributed by atoms with Crippen LogP contribution in [-0.2, 0) is 10.2 Å². The van der Waals surface area contributed by atoms with Crippen molar-refractivity contribution in [1.82, 2.24) is 0 Å². The second-order valence-electron chi connectivity index (χ2n) is 4.74. The van der Waals surface area contributed by atoms with Crippen molar-refractivity contribution >= 4 is 31.9 Å². The van der Waals surface area contributed by atoms with Crippen LogP contribution < -0.4 is 0 Å². The first-order valence-electron chi connectivity index (χ1n) is 6.65. The number of ether oxygens (including phenoxy) is 1. The lowest BCUT2D eigenvalue weighted by Gasteiger charge is -2.31. The molecule has 0 unspecified atom stereocenters. The Labute approximate surface area is 132 Å². The molecule has 0 aliphatic rings. The first-order chi connectivity index (χ1) is 9.20. The molecule has 19 heavy (non-hydrogen) atoms. The summed E-state index contributed by atoms with van der Waals surface area (Å²) in [6, 6.07) is 7.00. The molecule has 1 aromatic carbocycles. The Morgan fingerprint density at radius 1 is 1.16 bits per heavy atom. The van der Waals surface area contributed by atoms with Crippen molar-refractivity contribution in [2.75, 3.05) is 23.9 Å². The molecule has 0 atom stereocenters. The highest BCUT2D eigenvalue weighted by Gasteiger charge is 2.32. The maximum Gasteiger partial charge on any atom is 0.127 e. The third-order valence-electron chi connectivity index (χ3n) is 3.32. The van der Waals surface area contributed by atoms with E-state index in [0.29, 0.717) is 17.3 Å². The van der Waals surface area contributed by atoms with E-state index in [1.165, 1.54) is 6.07 Å². The molecule has 0 N–H and O–H groups in total. The highest BCUT2D eigenvalue weighted by molar-refractivity contribution is 9.09. The van der Waals surface area contributed by atoms with E-state index in [1.54, 1.807) is 6.07 Å². The molecule has 0 heterocycles. The third-order valence-corrected chi connectivity index (χ3v) is 5.47. The summed E-state index contributed by atoms with van der Waals surface area (Å²) in [5.74, 6) is -0.144. The highest BCUT2D eigenvalue weighted by atomic mass is 79.9. The molecule has 0 radical (unpaired) electrons.